The number of rotatable bonds is 1. The highest BCUT2D eigenvalue weighted by molar-refractivity contribution is 7.91. The molecular formula is C10H19NO3S. The minimum absolute atomic E-state index is 0.00873. The minimum atomic E-state index is -0.780. The van der Waals surface area contributed by atoms with Crippen molar-refractivity contribution >= 4 is 17.3 Å². The molecule has 4 nitrogen and oxygen atoms in total. The third-order valence-electron chi connectivity index (χ3n) is 2.03. The van der Waals surface area contributed by atoms with E-state index in [2.05, 4.69) is 5.32 Å². The Hall–Kier alpha value is -0.420. The van der Waals surface area contributed by atoms with Crippen LogP contribution in [-0.2, 0) is 15.9 Å². The van der Waals surface area contributed by atoms with Gasteiger partial charge in [-0.3, -0.25) is 0 Å². The van der Waals surface area contributed by atoms with Crippen molar-refractivity contribution in [2.24, 2.45) is 0 Å². The maximum Gasteiger partial charge on any atom is 0.408 e. The molecule has 0 saturated carbocycles. The number of carbonyl (C=O) groups excluding carboxylic acids is 1. The molecule has 0 aromatic rings. The summed E-state index contributed by atoms with van der Waals surface area (Å²) in [6.45, 7) is 5.48. The number of nitrogens with one attached hydrogen (secondary N) is 1. The third-order valence-corrected chi connectivity index (χ3v) is 3.55. The van der Waals surface area contributed by atoms with Crippen molar-refractivity contribution in [3.05, 3.63) is 0 Å². The van der Waals surface area contributed by atoms with Crippen molar-refractivity contribution in [2.45, 2.75) is 45.3 Å². The van der Waals surface area contributed by atoms with Crippen LogP contribution in [0.1, 0.15) is 33.6 Å². The van der Waals surface area contributed by atoms with Crippen LogP contribution in [0.5, 0.6) is 0 Å². The molecule has 88 valence electrons. The van der Waals surface area contributed by atoms with Gasteiger partial charge in [-0.25, -0.2) is 4.79 Å². The molecule has 0 aromatic carbocycles. The fourth-order valence-electron chi connectivity index (χ4n) is 1.47. The van der Waals surface area contributed by atoms with Gasteiger partial charge in [0, 0.05) is 0 Å². The van der Waals surface area contributed by atoms with Crippen LogP contribution in [0.2, 0.25) is 0 Å². The van der Waals surface area contributed by atoms with Crippen LogP contribution >= 0.6 is 0 Å². The van der Waals surface area contributed by atoms with Crippen molar-refractivity contribution in [1.29, 1.82) is 0 Å². The number of alkyl carbamates (subject to hydrolysis) is 1. The summed E-state index contributed by atoms with van der Waals surface area (Å²) in [6, 6.07) is 0.00873. The lowest BCUT2D eigenvalue weighted by Crippen LogP contribution is -2.45. The quantitative estimate of drug-likeness (QED) is 0.697. The van der Waals surface area contributed by atoms with Gasteiger partial charge in [-0.05, 0) is 33.6 Å². The van der Waals surface area contributed by atoms with Crippen LogP contribution in [0, 0.1) is 0 Å². The monoisotopic (exact) mass is 233 g/mol. The summed E-state index contributed by atoms with van der Waals surface area (Å²) >= 11 is -0.780. The molecule has 15 heavy (non-hydrogen) atoms. The zero-order valence-electron chi connectivity index (χ0n) is 9.54. The van der Waals surface area contributed by atoms with Crippen molar-refractivity contribution in [3.8, 4) is 0 Å². The zero-order chi connectivity index (χ0) is 11.5. The van der Waals surface area contributed by atoms with Crippen LogP contribution in [0.15, 0.2) is 0 Å². The van der Waals surface area contributed by atoms with Gasteiger partial charge < -0.3 is 14.6 Å². The molecule has 5 heteroatoms. The highest BCUT2D eigenvalue weighted by Gasteiger charge is 2.26. The molecule has 2 unspecified atom stereocenters. The molecular weight excluding hydrogens is 214 g/mol. The standard InChI is InChI=1S/C10H19NO3S/c1-10(2,3)14-9(12)11-8-5-4-6-15(13)7-8/h8H,4-7H2,1-3H3,(H,11,12). The first-order valence-electron chi connectivity index (χ1n) is 5.21. The fraction of sp³-hybridized carbons (Fsp3) is 0.900. The third kappa shape index (κ3) is 5.28. The number of ether oxygens (including phenoxy) is 1. The molecule has 1 fully saturated rings. The minimum Gasteiger partial charge on any atom is -0.616 e. The Bertz CT molecular complexity index is 227. The van der Waals surface area contributed by atoms with Gasteiger partial charge >= 0.3 is 6.09 Å². The number of hydrogen-bond acceptors (Lipinski definition) is 3. The molecule has 0 aliphatic carbocycles. The second-order valence-corrected chi connectivity index (χ2v) is 6.42. The molecule has 0 spiro atoms. The van der Waals surface area contributed by atoms with E-state index in [1.165, 1.54) is 0 Å². The summed E-state index contributed by atoms with van der Waals surface area (Å²) in [5, 5.41) is 2.75. The molecule has 1 amide bonds. The Labute approximate surface area is 93.9 Å². The number of carbonyl (C=O) groups is 1. The largest absolute Gasteiger partial charge is 0.616 e. The Morgan fingerprint density at radius 2 is 2.20 bits per heavy atom. The maximum atomic E-state index is 11.4. The highest BCUT2D eigenvalue weighted by atomic mass is 32.2. The van der Waals surface area contributed by atoms with E-state index in [0.29, 0.717) is 5.75 Å². The molecule has 1 heterocycles. The van der Waals surface area contributed by atoms with E-state index >= 15 is 0 Å². The van der Waals surface area contributed by atoms with Crippen LogP contribution in [0.3, 0.4) is 0 Å². The highest BCUT2D eigenvalue weighted by Crippen LogP contribution is 2.13. The van der Waals surface area contributed by atoms with Crippen molar-refractivity contribution in [3.63, 3.8) is 0 Å². The predicted octanol–water partition coefficient (Wildman–Crippen LogP) is 1.42. The number of hydrogen-bond donors (Lipinski definition) is 1. The van der Waals surface area contributed by atoms with Gasteiger partial charge in [0.15, 0.2) is 0 Å². The molecule has 1 aliphatic heterocycles. The summed E-state index contributed by atoms with van der Waals surface area (Å²) in [5.41, 5.74) is -0.474. The Morgan fingerprint density at radius 3 is 2.73 bits per heavy atom. The van der Waals surface area contributed by atoms with E-state index in [1.807, 2.05) is 20.8 Å². The Kier molecular flexibility index (Phi) is 4.28. The Morgan fingerprint density at radius 1 is 1.53 bits per heavy atom. The molecule has 1 rings (SSSR count). The van der Waals surface area contributed by atoms with Gasteiger partial charge in [0.2, 0.25) is 0 Å². The number of amides is 1. The van der Waals surface area contributed by atoms with E-state index in [9.17, 15) is 9.35 Å². The van der Waals surface area contributed by atoms with Gasteiger partial charge in [-0.1, -0.05) is 11.2 Å². The second kappa shape index (κ2) is 5.07. The molecule has 0 aromatic heterocycles. The summed E-state index contributed by atoms with van der Waals surface area (Å²) in [4.78, 5) is 11.4. The first-order valence-corrected chi connectivity index (χ1v) is 6.70. The van der Waals surface area contributed by atoms with Gasteiger partial charge in [0.25, 0.3) is 0 Å². The van der Waals surface area contributed by atoms with Crippen molar-refractivity contribution in [1.82, 2.24) is 5.32 Å². The van der Waals surface area contributed by atoms with Gasteiger partial charge in [-0.2, -0.15) is 0 Å². The normalized spacial score (nSPS) is 27.2. The molecule has 0 radical (unpaired) electrons. The van der Waals surface area contributed by atoms with Gasteiger partial charge in [-0.15, -0.1) is 0 Å². The summed E-state index contributed by atoms with van der Waals surface area (Å²) < 4.78 is 16.4. The van der Waals surface area contributed by atoms with Gasteiger partial charge in [0.05, 0.1) is 6.04 Å². The molecule has 1 saturated heterocycles. The molecule has 2 atom stereocenters. The van der Waals surface area contributed by atoms with E-state index in [4.69, 9.17) is 4.74 Å². The van der Waals surface area contributed by atoms with E-state index in [0.717, 1.165) is 18.6 Å². The molecule has 1 N–H and O–H groups in total. The SMILES string of the molecule is CC(C)(C)OC(=O)NC1CCC[S+]([O-])C1. The molecule has 0 bridgehead atoms. The van der Waals surface area contributed by atoms with Crippen LogP contribution in [0.25, 0.3) is 0 Å². The second-order valence-electron chi connectivity index (χ2n) is 4.80. The topological polar surface area (TPSA) is 61.4 Å². The fourth-order valence-corrected chi connectivity index (χ4v) is 2.82. The lowest BCUT2D eigenvalue weighted by atomic mass is 10.2. The lowest BCUT2D eigenvalue weighted by molar-refractivity contribution is 0.0506. The van der Waals surface area contributed by atoms with Crippen LogP contribution in [0.4, 0.5) is 4.79 Å². The van der Waals surface area contributed by atoms with Crippen LogP contribution in [-0.4, -0.2) is 33.8 Å². The zero-order valence-corrected chi connectivity index (χ0v) is 10.4. The van der Waals surface area contributed by atoms with Crippen molar-refractivity contribution < 1.29 is 14.1 Å². The predicted molar refractivity (Wildman–Crippen MR) is 60.3 cm³/mol. The Balaban J connectivity index is 2.31. The maximum absolute atomic E-state index is 11.4. The molecule has 1 aliphatic rings. The van der Waals surface area contributed by atoms with Crippen molar-refractivity contribution in [2.75, 3.05) is 11.5 Å². The first-order chi connectivity index (χ1) is 6.87. The van der Waals surface area contributed by atoms with Gasteiger partial charge in [0.1, 0.15) is 17.1 Å². The summed E-state index contributed by atoms with van der Waals surface area (Å²) in [6.07, 6.45) is 1.39. The average molecular weight is 233 g/mol. The first kappa shape index (κ1) is 12.6. The lowest BCUT2D eigenvalue weighted by Gasteiger charge is -2.27. The smallest absolute Gasteiger partial charge is 0.408 e. The van der Waals surface area contributed by atoms with E-state index < -0.39 is 22.9 Å². The summed E-state index contributed by atoms with van der Waals surface area (Å²) in [7, 11) is 0. The van der Waals surface area contributed by atoms with E-state index in [1.54, 1.807) is 0 Å². The summed E-state index contributed by atoms with van der Waals surface area (Å²) in [5.74, 6) is 1.31. The van der Waals surface area contributed by atoms with E-state index in [-0.39, 0.29) is 6.04 Å². The van der Waals surface area contributed by atoms with Crippen LogP contribution < -0.4 is 5.32 Å². The average Bonchev–Trinajstić information content (AvgIpc) is 1.99.